The largest absolute Gasteiger partial charge is 0.323 e. The summed E-state index contributed by atoms with van der Waals surface area (Å²) in [7, 11) is 0. The molecule has 2 aliphatic rings. The molecule has 136 valence electrons. The fourth-order valence-electron chi connectivity index (χ4n) is 3.75. The summed E-state index contributed by atoms with van der Waals surface area (Å²) in [6.45, 7) is 0. The minimum atomic E-state index is -0.0751. The molecule has 8 heteroatoms. The van der Waals surface area contributed by atoms with Gasteiger partial charge in [-0.15, -0.1) is 24.8 Å². The van der Waals surface area contributed by atoms with E-state index in [4.69, 9.17) is 0 Å². The highest BCUT2D eigenvalue weighted by molar-refractivity contribution is 5.95. The summed E-state index contributed by atoms with van der Waals surface area (Å²) in [5.74, 6) is 1.45. The molecule has 1 amide bonds. The van der Waals surface area contributed by atoms with Gasteiger partial charge >= 0.3 is 0 Å². The maximum Gasteiger partial charge on any atom is 0.241 e. The molecule has 3 unspecified atom stereocenters. The summed E-state index contributed by atoms with van der Waals surface area (Å²) in [5.41, 5.74) is 0.725. The maximum absolute atomic E-state index is 12.5. The van der Waals surface area contributed by atoms with Crippen molar-refractivity contribution in [3.8, 4) is 5.82 Å². The van der Waals surface area contributed by atoms with Crippen molar-refractivity contribution in [3.63, 3.8) is 0 Å². The third kappa shape index (κ3) is 4.32. The molecule has 2 aromatic heterocycles. The van der Waals surface area contributed by atoms with Gasteiger partial charge in [0.2, 0.25) is 5.91 Å². The smallest absolute Gasteiger partial charge is 0.241 e. The number of nitrogens with zero attached hydrogens (tertiary/aromatic N) is 3. The molecule has 2 N–H and O–H groups in total. The lowest BCUT2D eigenvalue weighted by Gasteiger charge is -2.24. The Kier molecular flexibility index (Phi) is 6.81. The molecule has 3 atom stereocenters. The quantitative estimate of drug-likeness (QED) is 0.854. The van der Waals surface area contributed by atoms with Crippen LogP contribution in [0.2, 0.25) is 0 Å². The van der Waals surface area contributed by atoms with Crippen molar-refractivity contribution < 1.29 is 4.79 Å². The molecular formula is C17H23Cl2N5O. The Morgan fingerprint density at radius 1 is 1.24 bits per heavy atom. The summed E-state index contributed by atoms with van der Waals surface area (Å²) in [6.07, 6.45) is 11.2. The number of carbonyl (C=O) groups excluding carboxylic acids is 1. The summed E-state index contributed by atoms with van der Waals surface area (Å²) >= 11 is 0. The highest BCUT2D eigenvalue weighted by Gasteiger charge is 2.38. The maximum atomic E-state index is 12.5. The van der Waals surface area contributed by atoms with Gasteiger partial charge in [-0.1, -0.05) is 12.8 Å². The molecule has 0 aromatic carbocycles. The Morgan fingerprint density at radius 3 is 2.76 bits per heavy atom. The van der Waals surface area contributed by atoms with Crippen molar-refractivity contribution in [2.75, 3.05) is 5.32 Å². The number of amides is 1. The van der Waals surface area contributed by atoms with E-state index < -0.39 is 0 Å². The van der Waals surface area contributed by atoms with E-state index in [0.717, 1.165) is 17.9 Å². The van der Waals surface area contributed by atoms with E-state index in [1.54, 1.807) is 17.1 Å². The summed E-state index contributed by atoms with van der Waals surface area (Å²) in [4.78, 5) is 16.8. The Bertz CT molecular complexity index is 663. The normalized spacial score (nSPS) is 24.6. The summed E-state index contributed by atoms with van der Waals surface area (Å²) in [6, 6.07) is 6.02. The van der Waals surface area contributed by atoms with Crippen molar-refractivity contribution in [2.24, 2.45) is 5.92 Å². The fraction of sp³-hybridized carbons (Fsp3) is 0.471. The van der Waals surface area contributed by atoms with Crippen molar-refractivity contribution in [2.45, 2.75) is 44.2 Å². The van der Waals surface area contributed by atoms with Crippen molar-refractivity contribution >= 4 is 36.4 Å². The molecule has 2 aromatic rings. The van der Waals surface area contributed by atoms with E-state index in [-0.39, 0.29) is 36.8 Å². The number of pyridine rings is 1. The minimum Gasteiger partial charge on any atom is -0.323 e. The molecule has 25 heavy (non-hydrogen) atoms. The second kappa shape index (κ2) is 8.65. The average molecular weight is 384 g/mol. The van der Waals surface area contributed by atoms with Crippen molar-refractivity contribution in [1.82, 2.24) is 20.1 Å². The lowest BCUT2D eigenvalue weighted by Crippen LogP contribution is -2.39. The Morgan fingerprint density at radius 2 is 2.08 bits per heavy atom. The summed E-state index contributed by atoms with van der Waals surface area (Å²) in [5, 5.41) is 10.6. The van der Waals surface area contributed by atoms with E-state index in [1.165, 1.54) is 25.7 Å². The molecule has 6 nitrogen and oxygen atoms in total. The van der Waals surface area contributed by atoms with E-state index in [1.807, 2.05) is 24.4 Å². The van der Waals surface area contributed by atoms with Crippen LogP contribution in [0, 0.1) is 5.92 Å². The number of halogens is 2. The Hall–Kier alpha value is -1.63. The molecule has 3 heterocycles. The fourth-order valence-corrected chi connectivity index (χ4v) is 3.75. The predicted octanol–water partition coefficient (Wildman–Crippen LogP) is 2.97. The molecule has 0 spiro atoms. The van der Waals surface area contributed by atoms with Crippen LogP contribution in [0.5, 0.6) is 0 Å². The Balaban J connectivity index is 0.00000113. The Labute approximate surface area is 159 Å². The molecule has 1 aliphatic heterocycles. The van der Waals surface area contributed by atoms with Crippen LogP contribution in [0.4, 0.5) is 5.69 Å². The first-order valence-corrected chi connectivity index (χ1v) is 8.32. The van der Waals surface area contributed by atoms with E-state index in [0.29, 0.717) is 12.0 Å². The minimum absolute atomic E-state index is 0. The van der Waals surface area contributed by atoms with E-state index >= 15 is 0 Å². The molecule has 1 saturated heterocycles. The molecule has 4 rings (SSSR count). The number of carbonyl (C=O) groups is 1. The lowest BCUT2D eigenvalue weighted by atomic mass is 9.85. The molecule has 1 saturated carbocycles. The van der Waals surface area contributed by atoms with E-state index in [2.05, 4.69) is 20.7 Å². The second-order valence-electron chi connectivity index (χ2n) is 6.45. The molecule has 1 aliphatic carbocycles. The van der Waals surface area contributed by atoms with Crippen LogP contribution in [0.25, 0.3) is 5.82 Å². The zero-order chi connectivity index (χ0) is 15.6. The lowest BCUT2D eigenvalue weighted by molar-refractivity contribution is -0.117. The number of anilines is 1. The van der Waals surface area contributed by atoms with Gasteiger partial charge in [0.25, 0.3) is 0 Å². The van der Waals surface area contributed by atoms with Crippen LogP contribution < -0.4 is 10.6 Å². The van der Waals surface area contributed by atoms with Crippen LogP contribution in [0.15, 0.2) is 36.8 Å². The van der Waals surface area contributed by atoms with Gasteiger partial charge in [0.1, 0.15) is 0 Å². The first-order chi connectivity index (χ1) is 11.3. The third-order valence-corrected chi connectivity index (χ3v) is 4.93. The van der Waals surface area contributed by atoms with Gasteiger partial charge in [-0.25, -0.2) is 9.67 Å². The van der Waals surface area contributed by atoms with Crippen LogP contribution in [-0.4, -0.2) is 32.8 Å². The van der Waals surface area contributed by atoms with Crippen LogP contribution in [-0.2, 0) is 4.79 Å². The number of rotatable bonds is 3. The van der Waals surface area contributed by atoms with Gasteiger partial charge in [-0.2, -0.15) is 5.10 Å². The first-order valence-electron chi connectivity index (χ1n) is 8.32. The number of hydrogen-bond acceptors (Lipinski definition) is 4. The van der Waals surface area contributed by atoms with Gasteiger partial charge in [-0.3, -0.25) is 4.79 Å². The van der Waals surface area contributed by atoms with E-state index in [9.17, 15) is 4.79 Å². The van der Waals surface area contributed by atoms with Crippen LogP contribution in [0.1, 0.15) is 32.1 Å². The third-order valence-electron chi connectivity index (χ3n) is 4.93. The SMILES string of the molecule is Cl.Cl.O=C(Nc1ccc(-n2cccn2)nc1)C1CC2CCCCC2N1. The number of aromatic nitrogens is 3. The predicted molar refractivity (Wildman–Crippen MR) is 102 cm³/mol. The van der Waals surface area contributed by atoms with Crippen LogP contribution >= 0.6 is 24.8 Å². The number of fused-ring (bicyclic) bond motifs is 1. The summed E-state index contributed by atoms with van der Waals surface area (Å²) < 4.78 is 1.69. The standard InChI is InChI=1S/C17H21N5O.2ClH/c23-17(15-10-12-4-1-2-5-14(12)21-15)20-13-6-7-16(18-11-13)22-9-3-8-19-22;;/h3,6-9,11-12,14-15,21H,1-2,4-5,10H2,(H,20,23);2*1H. The molecule has 0 radical (unpaired) electrons. The zero-order valence-electron chi connectivity index (χ0n) is 13.8. The van der Waals surface area contributed by atoms with Gasteiger partial charge in [-0.05, 0) is 43.4 Å². The molecule has 0 bridgehead atoms. The highest BCUT2D eigenvalue weighted by Crippen LogP contribution is 2.33. The molecular weight excluding hydrogens is 361 g/mol. The highest BCUT2D eigenvalue weighted by atomic mass is 35.5. The molecule has 2 fully saturated rings. The number of nitrogens with one attached hydrogen (secondary N) is 2. The van der Waals surface area contributed by atoms with Gasteiger partial charge in [0, 0.05) is 18.4 Å². The monoisotopic (exact) mass is 383 g/mol. The first kappa shape index (κ1) is 19.7. The second-order valence-corrected chi connectivity index (χ2v) is 6.45. The van der Waals surface area contributed by atoms with Gasteiger partial charge < -0.3 is 10.6 Å². The van der Waals surface area contributed by atoms with Crippen molar-refractivity contribution in [3.05, 3.63) is 36.8 Å². The van der Waals surface area contributed by atoms with Crippen LogP contribution in [0.3, 0.4) is 0 Å². The van der Waals surface area contributed by atoms with Gasteiger partial charge in [0.05, 0.1) is 17.9 Å². The van der Waals surface area contributed by atoms with Gasteiger partial charge in [0.15, 0.2) is 5.82 Å². The van der Waals surface area contributed by atoms with Crippen molar-refractivity contribution in [1.29, 1.82) is 0 Å². The average Bonchev–Trinajstić information content (AvgIpc) is 3.25. The zero-order valence-corrected chi connectivity index (χ0v) is 15.4. The number of hydrogen-bond donors (Lipinski definition) is 2. The topological polar surface area (TPSA) is 71.8 Å².